The number of anilines is 1. The maximum absolute atomic E-state index is 11.6. The van der Waals surface area contributed by atoms with Crippen LogP contribution in [0.15, 0.2) is 34.0 Å². The fraction of sp³-hybridized carbons (Fsp3) is 0.474. The Balaban J connectivity index is 1.23. The third-order valence-corrected chi connectivity index (χ3v) is 6.73. The number of rotatable bonds is 5. The fourth-order valence-corrected chi connectivity index (χ4v) is 5.22. The van der Waals surface area contributed by atoms with E-state index in [0.717, 1.165) is 23.1 Å². The van der Waals surface area contributed by atoms with Gasteiger partial charge in [0.05, 0.1) is 10.9 Å². The van der Waals surface area contributed by atoms with Crippen LogP contribution in [0.5, 0.6) is 0 Å². The summed E-state index contributed by atoms with van der Waals surface area (Å²) in [7, 11) is 0. The highest BCUT2D eigenvalue weighted by Gasteiger charge is 2.27. The van der Waals surface area contributed by atoms with E-state index in [4.69, 9.17) is 0 Å². The number of aromatic amines is 3. The summed E-state index contributed by atoms with van der Waals surface area (Å²) in [6.07, 6.45) is 7.39. The van der Waals surface area contributed by atoms with Gasteiger partial charge in [-0.1, -0.05) is 6.42 Å². The summed E-state index contributed by atoms with van der Waals surface area (Å²) >= 11 is 1.92. The first-order valence-electron chi connectivity index (χ1n) is 9.43. The Labute approximate surface area is 155 Å². The van der Waals surface area contributed by atoms with E-state index in [1.807, 2.05) is 17.8 Å². The van der Waals surface area contributed by atoms with Gasteiger partial charge in [-0.15, -0.1) is 11.8 Å². The Morgan fingerprint density at radius 1 is 1.12 bits per heavy atom. The lowest BCUT2D eigenvalue weighted by atomic mass is 9.95. The van der Waals surface area contributed by atoms with Gasteiger partial charge in [0.25, 0.3) is 5.56 Å². The van der Waals surface area contributed by atoms with Gasteiger partial charge in [0, 0.05) is 33.9 Å². The minimum absolute atomic E-state index is 0.0527. The van der Waals surface area contributed by atoms with Gasteiger partial charge < -0.3 is 5.32 Å². The summed E-state index contributed by atoms with van der Waals surface area (Å²) in [5, 5.41) is 18.1. The van der Waals surface area contributed by atoms with Crippen molar-refractivity contribution in [3.63, 3.8) is 0 Å². The van der Waals surface area contributed by atoms with Crippen molar-refractivity contribution in [1.29, 1.82) is 0 Å². The van der Waals surface area contributed by atoms with E-state index >= 15 is 0 Å². The predicted molar refractivity (Wildman–Crippen MR) is 105 cm³/mol. The molecule has 2 aliphatic rings. The van der Waals surface area contributed by atoms with Crippen molar-refractivity contribution in [2.24, 2.45) is 0 Å². The molecule has 2 saturated carbocycles. The molecular weight excluding hydrogens is 346 g/mol. The molecule has 2 fully saturated rings. The normalized spacial score (nSPS) is 23.4. The van der Waals surface area contributed by atoms with Crippen molar-refractivity contribution in [2.75, 3.05) is 5.32 Å². The largest absolute Gasteiger partial charge is 0.366 e. The van der Waals surface area contributed by atoms with Gasteiger partial charge in [-0.05, 0) is 50.3 Å². The number of aromatic nitrogens is 4. The highest BCUT2D eigenvalue weighted by Crippen LogP contribution is 2.40. The van der Waals surface area contributed by atoms with Crippen LogP contribution in [0.1, 0.15) is 50.1 Å². The van der Waals surface area contributed by atoms with Gasteiger partial charge in [-0.2, -0.15) is 5.10 Å². The van der Waals surface area contributed by atoms with Crippen LogP contribution < -0.4 is 10.9 Å². The maximum atomic E-state index is 11.6. The van der Waals surface area contributed by atoms with Crippen molar-refractivity contribution in [1.82, 2.24) is 20.4 Å². The van der Waals surface area contributed by atoms with Gasteiger partial charge in [0.15, 0.2) is 0 Å². The number of hydrogen-bond donors (Lipinski definition) is 4. The standard InChI is InChI=1S/C19H23N5OS/c25-19-15-7-6-14(9-17(15)22-24-19)26-13-3-1-2-12(8-13)20-18-10-16(21-23-18)11-4-5-11/h6-7,9-13H,1-5,8H2,(H2,20,21,23)(H2,22,24,25). The van der Waals surface area contributed by atoms with Crippen LogP contribution in [-0.2, 0) is 0 Å². The molecule has 1 aromatic carbocycles. The molecule has 0 spiro atoms. The third kappa shape index (κ3) is 3.28. The van der Waals surface area contributed by atoms with Crippen molar-refractivity contribution in [3.8, 4) is 0 Å². The molecule has 3 aromatic rings. The molecule has 136 valence electrons. The molecule has 0 amide bonds. The lowest BCUT2D eigenvalue weighted by Crippen LogP contribution is -2.28. The average Bonchev–Trinajstić information content (AvgIpc) is 3.29. The summed E-state index contributed by atoms with van der Waals surface area (Å²) in [5.41, 5.74) is 2.11. The van der Waals surface area contributed by atoms with Crippen LogP contribution in [0.3, 0.4) is 0 Å². The maximum Gasteiger partial charge on any atom is 0.271 e. The zero-order chi connectivity index (χ0) is 17.5. The highest BCUT2D eigenvalue weighted by molar-refractivity contribution is 8.00. The fourth-order valence-electron chi connectivity index (χ4n) is 3.89. The SMILES string of the molecule is O=c1[nH][nH]c2cc(SC3CCCC(Nc4cc(C5CC5)[nH]n4)C3)ccc12. The molecule has 2 aliphatic carbocycles. The van der Waals surface area contributed by atoms with Gasteiger partial charge in [-0.3, -0.25) is 20.1 Å². The molecule has 2 atom stereocenters. The van der Waals surface area contributed by atoms with E-state index in [-0.39, 0.29) is 5.56 Å². The van der Waals surface area contributed by atoms with Crippen LogP contribution in [0.4, 0.5) is 5.82 Å². The van der Waals surface area contributed by atoms with E-state index in [1.165, 1.54) is 42.7 Å². The molecule has 4 N–H and O–H groups in total. The number of H-pyrrole nitrogens is 3. The molecule has 0 saturated heterocycles. The quantitative estimate of drug-likeness (QED) is 0.548. The van der Waals surface area contributed by atoms with Crippen LogP contribution in [0.2, 0.25) is 0 Å². The van der Waals surface area contributed by atoms with Gasteiger partial charge in [-0.25, -0.2) is 0 Å². The second kappa shape index (κ2) is 6.54. The lowest BCUT2D eigenvalue weighted by molar-refractivity contribution is 0.472. The van der Waals surface area contributed by atoms with Crippen molar-refractivity contribution >= 4 is 28.5 Å². The molecule has 6 nitrogen and oxygen atoms in total. The lowest BCUT2D eigenvalue weighted by Gasteiger charge is -2.29. The summed E-state index contributed by atoms with van der Waals surface area (Å²) in [6.45, 7) is 0. The highest BCUT2D eigenvalue weighted by atomic mass is 32.2. The number of thioether (sulfide) groups is 1. The predicted octanol–water partition coefficient (Wildman–Crippen LogP) is 3.97. The number of benzene rings is 1. The molecule has 2 heterocycles. The van der Waals surface area contributed by atoms with Crippen LogP contribution >= 0.6 is 11.8 Å². The van der Waals surface area contributed by atoms with E-state index in [0.29, 0.717) is 17.2 Å². The second-order valence-electron chi connectivity index (χ2n) is 7.52. The third-order valence-electron chi connectivity index (χ3n) is 5.44. The first kappa shape index (κ1) is 16.1. The Kier molecular flexibility index (Phi) is 4.04. The second-order valence-corrected chi connectivity index (χ2v) is 8.89. The number of nitrogens with one attached hydrogen (secondary N) is 4. The molecular formula is C19H23N5OS. The first-order valence-corrected chi connectivity index (χ1v) is 10.3. The Bertz CT molecular complexity index is 970. The smallest absolute Gasteiger partial charge is 0.271 e. The molecule has 0 aliphatic heterocycles. The number of fused-ring (bicyclic) bond motifs is 1. The summed E-state index contributed by atoms with van der Waals surface area (Å²) in [6, 6.07) is 8.71. The van der Waals surface area contributed by atoms with Gasteiger partial charge in [0.1, 0.15) is 5.82 Å². The molecule has 2 aromatic heterocycles. The van der Waals surface area contributed by atoms with Crippen molar-refractivity contribution in [3.05, 3.63) is 40.3 Å². The molecule has 0 radical (unpaired) electrons. The molecule has 0 bridgehead atoms. The van der Waals surface area contributed by atoms with Gasteiger partial charge in [0.2, 0.25) is 0 Å². The van der Waals surface area contributed by atoms with Crippen LogP contribution in [0.25, 0.3) is 10.9 Å². The molecule has 5 rings (SSSR count). The van der Waals surface area contributed by atoms with E-state index in [1.54, 1.807) is 0 Å². The Morgan fingerprint density at radius 3 is 2.92 bits per heavy atom. The van der Waals surface area contributed by atoms with E-state index < -0.39 is 0 Å². The number of nitrogens with zero attached hydrogens (tertiary/aromatic N) is 1. The van der Waals surface area contributed by atoms with E-state index in [9.17, 15) is 4.79 Å². The zero-order valence-corrected chi connectivity index (χ0v) is 15.4. The molecule has 2 unspecified atom stereocenters. The molecule has 26 heavy (non-hydrogen) atoms. The minimum Gasteiger partial charge on any atom is -0.366 e. The Hall–Kier alpha value is -2.15. The van der Waals surface area contributed by atoms with Crippen LogP contribution in [0, 0.1) is 0 Å². The first-order chi connectivity index (χ1) is 12.7. The minimum atomic E-state index is -0.0527. The zero-order valence-electron chi connectivity index (χ0n) is 14.5. The van der Waals surface area contributed by atoms with Crippen molar-refractivity contribution in [2.45, 2.75) is 60.6 Å². The van der Waals surface area contributed by atoms with Crippen molar-refractivity contribution < 1.29 is 0 Å². The average molecular weight is 369 g/mol. The number of hydrogen-bond acceptors (Lipinski definition) is 4. The van der Waals surface area contributed by atoms with E-state index in [2.05, 4.69) is 43.9 Å². The summed E-state index contributed by atoms with van der Waals surface area (Å²) in [4.78, 5) is 12.9. The summed E-state index contributed by atoms with van der Waals surface area (Å²) in [5.74, 6) is 1.70. The Morgan fingerprint density at radius 2 is 2.04 bits per heavy atom. The topological polar surface area (TPSA) is 89.4 Å². The molecule has 7 heteroatoms. The monoisotopic (exact) mass is 369 g/mol. The van der Waals surface area contributed by atoms with Crippen LogP contribution in [-0.4, -0.2) is 31.7 Å². The summed E-state index contributed by atoms with van der Waals surface area (Å²) < 4.78 is 0. The van der Waals surface area contributed by atoms with Gasteiger partial charge >= 0.3 is 0 Å².